The Morgan fingerprint density at radius 1 is 0.971 bits per heavy atom. The van der Waals surface area contributed by atoms with Crippen LogP contribution in [0.15, 0.2) is 72.3 Å². The Bertz CT molecular complexity index is 1280. The summed E-state index contributed by atoms with van der Waals surface area (Å²) in [4.78, 5) is 13.7. The highest BCUT2D eigenvalue weighted by atomic mass is 35.5. The highest BCUT2D eigenvalue weighted by molar-refractivity contribution is 7.80. The van der Waals surface area contributed by atoms with Crippen molar-refractivity contribution >= 4 is 57.8 Å². The summed E-state index contributed by atoms with van der Waals surface area (Å²) in [5, 5.41) is 10.5. The maximum absolute atomic E-state index is 13.7. The lowest BCUT2D eigenvalue weighted by Gasteiger charge is -2.32. The molecule has 0 fully saturated rings. The number of nitrogens with one attached hydrogen (secondary N) is 3. The molecule has 3 aromatic carbocycles. The van der Waals surface area contributed by atoms with Crippen LogP contribution in [0.4, 0.5) is 5.69 Å². The van der Waals surface area contributed by atoms with Gasteiger partial charge in [-0.05, 0) is 77.9 Å². The molecule has 0 spiro atoms. The molecule has 9 heteroatoms. The maximum atomic E-state index is 13.7. The zero-order valence-corrected chi connectivity index (χ0v) is 20.6. The van der Waals surface area contributed by atoms with E-state index in [-0.39, 0.29) is 5.91 Å². The van der Waals surface area contributed by atoms with Crippen molar-refractivity contribution in [1.82, 2.24) is 10.6 Å². The third-order valence-corrected chi connectivity index (χ3v) is 6.07. The molecule has 0 aromatic heterocycles. The third-order valence-electron chi connectivity index (χ3n) is 5.30. The summed E-state index contributed by atoms with van der Waals surface area (Å²) in [6.07, 6.45) is 0. The van der Waals surface area contributed by atoms with Gasteiger partial charge in [0.1, 0.15) is 11.5 Å². The van der Waals surface area contributed by atoms with Gasteiger partial charge in [-0.25, -0.2) is 0 Å². The summed E-state index contributed by atoms with van der Waals surface area (Å²) >= 11 is 17.8. The number of amides is 1. The molecule has 0 aliphatic carbocycles. The van der Waals surface area contributed by atoms with Gasteiger partial charge in [-0.15, -0.1) is 0 Å². The maximum Gasteiger partial charge on any atom is 0.256 e. The molecule has 1 aliphatic heterocycles. The van der Waals surface area contributed by atoms with Crippen molar-refractivity contribution in [2.24, 2.45) is 0 Å². The number of methoxy groups -OCH3 is 2. The molecule has 0 bridgehead atoms. The summed E-state index contributed by atoms with van der Waals surface area (Å²) in [7, 11) is 3.19. The molecule has 1 unspecified atom stereocenters. The molecule has 1 amide bonds. The number of ether oxygens (including phenoxy) is 2. The molecule has 0 radical (unpaired) electrons. The number of carbonyl (C=O) groups is 1. The summed E-state index contributed by atoms with van der Waals surface area (Å²) < 4.78 is 10.7. The Morgan fingerprint density at radius 3 is 2.38 bits per heavy atom. The van der Waals surface area contributed by atoms with E-state index in [9.17, 15) is 4.79 Å². The minimum absolute atomic E-state index is 0.331. The number of benzene rings is 3. The van der Waals surface area contributed by atoms with E-state index in [2.05, 4.69) is 16.0 Å². The number of halogens is 2. The van der Waals surface area contributed by atoms with Crippen LogP contribution in [0.2, 0.25) is 10.0 Å². The van der Waals surface area contributed by atoms with Gasteiger partial charge in [0, 0.05) is 5.02 Å². The van der Waals surface area contributed by atoms with Crippen LogP contribution < -0.4 is 25.4 Å². The highest BCUT2D eigenvalue weighted by Crippen LogP contribution is 2.35. The summed E-state index contributed by atoms with van der Waals surface area (Å²) in [5.41, 5.74) is 3.02. The van der Waals surface area contributed by atoms with E-state index in [0.717, 1.165) is 11.1 Å². The highest BCUT2D eigenvalue weighted by Gasteiger charge is 2.32. The molecule has 1 heterocycles. The molecule has 0 saturated carbocycles. The lowest BCUT2D eigenvalue weighted by Crippen LogP contribution is -2.45. The van der Waals surface area contributed by atoms with Gasteiger partial charge in [0.05, 0.1) is 42.2 Å². The van der Waals surface area contributed by atoms with E-state index in [1.807, 2.05) is 48.5 Å². The van der Waals surface area contributed by atoms with Crippen LogP contribution in [0.1, 0.15) is 17.2 Å². The molecule has 174 valence electrons. The van der Waals surface area contributed by atoms with E-state index in [0.29, 0.717) is 43.6 Å². The molecular formula is C25H21Cl2N3O3S. The fraction of sp³-hybridized carbons (Fsp3) is 0.120. The first kappa shape index (κ1) is 23.9. The number of hydrogen-bond donors (Lipinski definition) is 3. The number of hydrogen-bond acceptors (Lipinski definition) is 4. The molecular weight excluding hydrogens is 493 g/mol. The van der Waals surface area contributed by atoms with Crippen molar-refractivity contribution in [3.05, 3.63) is 93.5 Å². The van der Waals surface area contributed by atoms with Crippen LogP contribution in [0.3, 0.4) is 0 Å². The van der Waals surface area contributed by atoms with Crippen molar-refractivity contribution in [3.63, 3.8) is 0 Å². The number of thiocarbonyl (C=S) groups is 1. The van der Waals surface area contributed by atoms with Crippen LogP contribution in [-0.2, 0) is 4.79 Å². The lowest BCUT2D eigenvalue weighted by atomic mass is 9.92. The zero-order chi connectivity index (χ0) is 24.2. The summed E-state index contributed by atoms with van der Waals surface area (Å²) in [6, 6.07) is 19.2. The Labute approximate surface area is 212 Å². The molecule has 3 aromatic rings. The smallest absolute Gasteiger partial charge is 0.256 e. The van der Waals surface area contributed by atoms with Gasteiger partial charge < -0.3 is 25.4 Å². The molecule has 6 nitrogen and oxygen atoms in total. The normalized spacial score (nSPS) is 15.3. The quantitative estimate of drug-likeness (QED) is 0.373. The van der Waals surface area contributed by atoms with Crippen LogP contribution in [-0.4, -0.2) is 25.2 Å². The van der Waals surface area contributed by atoms with Crippen LogP contribution in [0.5, 0.6) is 11.5 Å². The third kappa shape index (κ3) is 5.12. The van der Waals surface area contributed by atoms with E-state index >= 15 is 0 Å². The van der Waals surface area contributed by atoms with Gasteiger partial charge in [0.2, 0.25) is 0 Å². The Morgan fingerprint density at radius 2 is 1.71 bits per heavy atom. The van der Waals surface area contributed by atoms with E-state index in [4.69, 9.17) is 44.9 Å². The molecule has 1 atom stereocenters. The standard InChI is InChI=1S/C25H21Cl2N3O3S/c1-32-17-9-6-14(7-10-17)22-21(24(31)28-20-11-8-16(26)13-19(20)27)23(30-25(34)29-22)15-4-3-5-18(12-15)33-2/h3-13,23H,1-2H3,(H,28,31)(H2,29,30,34). The summed E-state index contributed by atoms with van der Waals surface area (Å²) in [6.45, 7) is 0. The number of carbonyl (C=O) groups excluding carboxylic acids is 1. The fourth-order valence-electron chi connectivity index (χ4n) is 3.65. The average Bonchev–Trinajstić information content (AvgIpc) is 2.85. The Kier molecular flexibility index (Phi) is 7.26. The van der Waals surface area contributed by atoms with Crippen molar-refractivity contribution in [2.45, 2.75) is 6.04 Å². The van der Waals surface area contributed by atoms with Gasteiger partial charge in [-0.1, -0.05) is 35.3 Å². The van der Waals surface area contributed by atoms with Crippen LogP contribution >= 0.6 is 35.4 Å². The van der Waals surface area contributed by atoms with Crippen molar-refractivity contribution in [1.29, 1.82) is 0 Å². The van der Waals surface area contributed by atoms with Crippen LogP contribution in [0.25, 0.3) is 5.70 Å². The molecule has 3 N–H and O–H groups in total. The lowest BCUT2D eigenvalue weighted by molar-refractivity contribution is -0.113. The second-order valence-electron chi connectivity index (χ2n) is 7.40. The van der Waals surface area contributed by atoms with E-state index < -0.39 is 6.04 Å². The average molecular weight is 514 g/mol. The second kappa shape index (κ2) is 10.3. The minimum atomic E-state index is -0.549. The predicted molar refractivity (Wildman–Crippen MR) is 140 cm³/mol. The van der Waals surface area contributed by atoms with E-state index in [1.54, 1.807) is 32.4 Å². The fourth-order valence-corrected chi connectivity index (χ4v) is 4.32. The van der Waals surface area contributed by atoms with E-state index in [1.165, 1.54) is 0 Å². The second-order valence-corrected chi connectivity index (χ2v) is 8.66. The zero-order valence-electron chi connectivity index (χ0n) is 18.3. The van der Waals surface area contributed by atoms with Crippen molar-refractivity contribution in [3.8, 4) is 11.5 Å². The van der Waals surface area contributed by atoms with Crippen molar-refractivity contribution < 1.29 is 14.3 Å². The first-order valence-electron chi connectivity index (χ1n) is 10.3. The van der Waals surface area contributed by atoms with Gasteiger partial charge in [-0.3, -0.25) is 4.79 Å². The molecule has 0 saturated heterocycles. The molecule has 34 heavy (non-hydrogen) atoms. The van der Waals surface area contributed by atoms with Crippen LogP contribution in [0, 0.1) is 0 Å². The first-order chi connectivity index (χ1) is 16.4. The topological polar surface area (TPSA) is 71.6 Å². The van der Waals surface area contributed by atoms with Crippen molar-refractivity contribution in [2.75, 3.05) is 19.5 Å². The van der Waals surface area contributed by atoms with Gasteiger partial charge in [-0.2, -0.15) is 0 Å². The first-order valence-corrected chi connectivity index (χ1v) is 11.4. The number of rotatable bonds is 6. The van der Waals surface area contributed by atoms with Gasteiger partial charge in [0.25, 0.3) is 5.91 Å². The largest absolute Gasteiger partial charge is 0.497 e. The predicted octanol–water partition coefficient (Wildman–Crippen LogP) is 5.58. The monoisotopic (exact) mass is 513 g/mol. The van der Waals surface area contributed by atoms with Gasteiger partial charge in [0.15, 0.2) is 5.11 Å². The molecule has 4 rings (SSSR count). The Hall–Kier alpha value is -3.26. The SMILES string of the molecule is COc1ccc(C2=C(C(=O)Nc3ccc(Cl)cc3Cl)C(c3cccc(OC)c3)NC(=S)N2)cc1. The number of anilines is 1. The minimum Gasteiger partial charge on any atom is -0.497 e. The van der Waals surface area contributed by atoms with Gasteiger partial charge >= 0.3 is 0 Å². The Balaban J connectivity index is 1.85. The summed E-state index contributed by atoms with van der Waals surface area (Å²) in [5.74, 6) is 1.00. The molecule has 1 aliphatic rings.